The maximum Gasteiger partial charge on any atom is 0.0517 e. The first-order valence-electron chi connectivity index (χ1n) is 5.80. The van der Waals surface area contributed by atoms with E-state index in [0.29, 0.717) is 11.8 Å². The number of nitrogens with two attached hydrogens (primary N) is 1. The Morgan fingerprint density at radius 2 is 2.22 bits per heavy atom. The zero-order valence-corrected chi connectivity index (χ0v) is 13.4. The van der Waals surface area contributed by atoms with Gasteiger partial charge in [-0.25, -0.2) is 0 Å². The highest BCUT2D eigenvalue weighted by Gasteiger charge is 2.12. The van der Waals surface area contributed by atoms with Gasteiger partial charge < -0.3 is 5.73 Å². The van der Waals surface area contributed by atoms with Crippen LogP contribution in [0.1, 0.15) is 21.3 Å². The van der Waals surface area contributed by atoms with Gasteiger partial charge in [0.1, 0.15) is 0 Å². The van der Waals surface area contributed by atoms with E-state index in [-0.39, 0.29) is 0 Å². The van der Waals surface area contributed by atoms with Gasteiger partial charge in [-0.2, -0.15) is 0 Å². The van der Waals surface area contributed by atoms with Gasteiger partial charge in [-0.15, -0.1) is 23.1 Å². The average Bonchev–Trinajstić information content (AvgIpc) is 2.77. The molecule has 2 N–H and O–H groups in total. The molecule has 0 saturated carbocycles. The molecule has 0 amide bonds. The Morgan fingerprint density at radius 1 is 1.39 bits per heavy atom. The Bertz CT molecular complexity index is 510. The number of hydrogen-bond donors (Lipinski definition) is 1. The molecule has 0 radical (unpaired) electrons. The lowest BCUT2D eigenvalue weighted by Crippen LogP contribution is -2.08. The van der Waals surface area contributed by atoms with Crippen molar-refractivity contribution in [1.29, 1.82) is 0 Å². The van der Waals surface area contributed by atoms with Gasteiger partial charge in [0.15, 0.2) is 0 Å². The molecule has 1 unspecified atom stereocenters. The predicted molar refractivity (Wildman–Crippen MR) is 86.3 cm³/mol. The van der Waals surface area contributed by atoms with Gasteiger partial charge >= 0.3 is 0 Å². The SMILES string of the molecule is Cc1cccc(CSC(CN)c2cc(Br)cs2)c1. The largest absolute Gasteiger partial charge is 0.329 e. The van der Waals surface area contributed by atoms with Gasteiger partial charge in [0.25, 0.3) is 0 Å². The van der Waals surface area contributed by atoms with Crippen molar-refractivity contribution in [2.45, 2.75) is 17.9 Å². The lowest BCUT2D eigenvalue weighted by atomic mass is 10.2. The first-order chi connectivity index (χ1) is 8.69. The van der Waals surface area contributed by atoms with E-state index < -0.39 is 0 Å². The Balaban J connectivity index is 1.99. The molecule has 1 nitrogen and oxygen atoms in total. The summed E-state index contributed by atoms with van der Waals surface area (Å²) in [6.45, 7) is 2.81. The van der Waals surface area contributed by atoms with Crippen molar-refractivity contribution in [2.75, 3.05) is 6.54 Å². The summed E-state index contributed by atoms with van der Waals surface area (Å²) in [4.78, 5) is 1.35. The van der Waals surface area contributed by atoms with E-state index in [2.05, 4.69) is 58.6 Å². The fourth-order valence-corrected chi connectivity index (χ4v) is 4.51. The molecule has 1 aromatic heterocycles. The topological polar surface area (TPSA) is 26.0 Å². The van der Waals surface area contributed by atoms with Crippen LogP contribution in [0.2, 0.25) is 0 Å². The van der Waals surface area contributed by atoms with Crippen LogP contribution in [0.15, 0.2) is 40.2 Å². The molecule has 2 aromatic rings. The third kappa shape index (κ3) is 3.85. The van der Waals surface area contributed by atoms with Crippen molar-refractivity contribution in [3.63, 3.8) is 0 Å². The minimum Gasteiger partial charge on any atom is -0.329 e. The lowest BCUT2D eigenvalue weighted by molar-refractivity contribution is 0.959. The van der Waals surface area contributed by atoms with E-state index in [1.807, 2.05) is 11.8 Å². The molecular weight excluding hydrogens is 326 g/mol. The van der Waals surface area contributed by atoms with Gasteiger partial charge in [0, 0.05) is 27.0 Å². The van der Waals surface area contributed by atoms with Crippen molar-refractivity contribution >= 4 is 39.0 Å². The Kier molecular flexibility index (Phi) is 5.30. The molecule has 0 fully saturated rings. The van der Waals surface area contributed by atoms with E-state index in [0.717, 1.165) is 10.2 Å². The van der Waals surface area contributed by atoms with Crippen LogP contribution in [-0.2, 0) is 5.75 Å². The van der Waals surface area contributed by atoms with Gasteiger partial charge in [-0.1, -0.05) is 29.8 Å². The second-order valence-corrected chi connectivity index (χ2v) is 7.24. The van der Waals surface area contributed by atoms with E-state index in [1.54, 1.807) is 11.3 Å². The summed E-state index contributed by atoms with van der Waals surface area (Å²) in [5.74, 6) is 1.01. The summed E-state index contributed by atoms with van der Waals surface area (Å²) in [7, 11) is 0. The Morgan fingerprint density at radius 3 is 2.83 bits per heavy atom. The highest BCUT2D eigenvalue weighted by molar-refractivity contribution is 9.10. The Labute approximate surface area is 125 Å². The molecule has 0 aliphatic heterocycles. The first kappa shape index (κ1) is 14.1. The standard InChI is InChI=1S/C14H16BrNS2/c1-10-3-2-4-11(5-10)8-17-14(7-16)13-6-12(15)9-18-13/h2-6,9,14H,7-8,16H2,1H3. The number of aryl methyl sites for hydroxylation is 1. The van der Waals surface area contributed by atoms with Gasteiger partial charge in [-0.05, 0) is 34.5 Å². The van der Waals surface area contributed by atoms with Crippen LogP contribution in [-0.4, -0.2) is 6.54 Å². The van der Waals surface area contributed by atoms with Crippen molar-refractivity contribution in [2.24, 2.45) is 5.73 Å². The number of thioether (sulfide) groups is 1. The smallest absolute Gasteiger partial charge is 0.0517 e. The fraction of sp³-hybridized carbons (Fsp3) is 0.286. The van der Waals surface area contributed by atoms with Crippen molar-refractivity contribution in [1.82, 2.24) is 0 Å². The molecule has 0 aliphatic rings. The molecule has 1 atom stereocenters. The lowest BCUT2D eigenvalue weighted by Gasteiger charge is -2.12. The summed E-state index contributed by atoms with van der Waals surface area (Å²) in [6, 6.07) is 10.8. The maximum atomic E-state index is 5.88. The molecule has 2 rings (SSSR count). The number of halogens is 1. The maximum absolute atomic E-state index is 5.88. The summed E-state index contributed by atoms with van der Waals surface area (Å²) >= 11 is 7.18. The molecular formula is C14H16BrNS2. The monoisotopic (exact) mass is 341 g/mol. The molecule has 0 aliphatic carbocycles. The minimum absolute atomic E-state index is 0.391. The zero-order valence-electron chi connectivity index (χ0n) is 10.2. The average molecular weight is 342 g/mol. The number of benzene rings is 1. The van der Waals surface area contributed by atoms with E-state index in [9.17, 15) is 0 Å². The second kappa shape index (κ2) is 6.75. The van der Waals surface area contributed by atoms with Crippen molar-refractivity contribution in [3.05, 3.63) is 56.2 Å². The van der Waals surface area contributed by atoms with E-state index >= 15 is 0 Å². The molecule has 18 heavy (non-hydrogen) atoms. The van der Waals surface area contributed by atoms with E-state index in [1.165, 1.54) is 16.0 Å². The number of hydrogen-bond acceptors (Lipinski definition) is 3. The van der Waals surface area contributed by atoms with Crippen molar-refractivity contribution in [3.8, 4) is 0 Å². The third-order valence-corrected chi connectivity index (χ3v) is 5.96. The number of rotatable bonds is 5. The fourth-order valence-electron chi connectivity index (χ4n) is 1.76. The third-order valence-electron chi connectivity index (χ3n) is 2.65. The highest BCUT2D eigenvalue weighted by Crippen LogP contribution is 2.35. The molecule has 0 spiro atoms. The highest BCUT2D eigenvalue weighted by atomic mass is 79.9. The van der Waals surface area contributed by atoms with Crippen LogP contribution in [0.25, 0.3) is 0 Å². The quantitative estimate of drug-likeness (QED) is 0.848. The van der Waals surface area contributed by atoms with Crippen LogP contribution in [0.3, 0.4) is 0 Å². The van der Waals surface area contributed by atoms with Crippen LogP contribution in [0.5, 0.6) is 0 Å². The zero-order chi connectivity index (χ0) is 13.0. The molecule has 0 bridgehead atoms. The van der Waals surface area contributed by atoms with Crippen molar-refractivity contribution < 1.29 is 0 Å². The van der Waals surface area contributed by atoms with Crippen LogP contribution < -0.4 is 5.73 Å². The Hall–Kier alpha value is -0.290. The first-order valence-corrected chi connectivity index (χ1v) is 8.52. The number of thiophene rings is 1. The van der Waals surface area contributed by atoms with Gasteiger partial charge in [0.05, 0.1) is 5.25 Å². The predicted octanol–water partition coefficient (Wildman–Crippen LogP) is 4.75. The molecule has 1 aromatic carbocycles. The van der Waals surface area contributed by atoms with Gasteiger partial charge in [-0.3, -0.25) is 0 Å². The molecule has 96 valence electrons. The molecule has 4 heteroatoms. The molecule has 1 heterocycles. The summed E-state index contributed by atoms with van der Waals surface area (Å²) in [5.41, 5.74) is 8.56. The molecule has 0 saturated heterocycles. The van der Waals surface area contributed by atoms with Crippen LogP contribution >= 0.6 is 39.0 Å². The minimum atomic E-state index is 0.391. The summed E-state index contributed by atoms with van der Waals surface area (Å²) in [6.07, 6.45) is 0. The van der Waals surface area contributed by atoms with Crippen LogP contribution in [0, 0.1) is 6.92 Å². The summed E-state index contributed by atoms with van der Waals surface area (Å²) < 4.78 is 1.15. The normalized spacial score (nSPS) is 12.6. The summed E-state index contributed by atoms with van der Waals surface area (Å²) in [5, 5.41) is 2.51. The second-order valence-electron chi connectivity index (χ2n) is 4.19. The van der Waals surface area contributed by atoms with E-state index in [4.69, 9.17) is 5.73 Å². The van der Waals surface area contributed by atoms with Crippen LogP contribution in [0.4, 0.5) is 0 Å². The van der Waals surface area contributed by atoms with Gasteiger partial charge in [0.2, 0.25) is 0 Å².